The number of carbonyl (C=O) groups excluding carboxylic acids is 1. The van der Waals surface area contributed by atoms with Gasteiger partial charge in [-0.05, 0) is 34.5 Å². The SMILES string of the molecule is O=C(Nc1c(Br)cc(Br)cc1C(=O)O)NC1CCOC1. The molecule has 1 unspecified atom stereocenters. The summed E-state index contributed by atoms with van der Waals surface area (Å²) in [4.78, 5) is 23.1. The number of carboxylic acid groups (broad SMARTS) is 1. The van der Waals surface area contributed by atoms with Crippen molar-refractivity contribution in [1.29, 1.82) is 0 Å². The summed E-state index contributed by atoms with van der Waals surface area (Å²) in [5.41, 5.74) is 0.223. The normalized spacial score (nSPS) is 17.8. The quantitative estimate of drug-likeness (QED) is 0.718. The van der Waals surface area contributed by atoms with Crippen LogP contribution in [0.3, 0.4) is 0 Å². The van der Waals surface area contributed by atoms with Crippen LogP contribution in [0.4, 0.5) is 10.5 Å². The second-order valence-electron chi connectivity index (χ2n) is 4.27. The van der Waals surface area contributed by atoms with Crippen LogP contribution in [0.2, 0.25) is 0 Å². The van der Waals surface area contributed by atoms with Gasteiger partial charge < -0.3 is 20.5 Å². The van der Waals surface area contributed by atoms with Gasteiger partial charge in [0, 0.05) is 15.6 Å². The van der Waals surface area contributed by atoms with Crippen LogP contribution in [0.15, 0.2) is 21.1 Å². The number of aromatic carboxylic acids is 1. The Balaban J connectivity index is 2.15. The first kappa shape index (κ1) is 15.3. The number of amides is 2. The lowest BCUT2D eigenvalue weighted by Gasteiger charge is -2.14. The molecule has 20 heavy (non-hydrogen) atoms. The van der Waals surface area contributed by atoms with Crippen molar-refractivity contribution in [2.75, 3.05) is 18.5 Å². The van der Waals surface area contributed by atoms with E-state index in [0.29, 0.717) is 22.2 Å². The van der Waals surface area contributed by atoms with Gasteiger partial charge in [0.2, 0.25) is 0 Å². The Kier molecular flexibility index (Phi) is 5.00. The molecule has 0 aromatic heterocycles. The fraction of sp³-hybridized carbons (Fsp3) is 0.333. The average Bonchev–Trinajstić information content (AvgIpc) is 2.84. The van der Waals surface area contributed by atoms with Crippen molar-refractivity contribution in [3.63, 3.8) is 0 Å². The fourth-order valence-electron chi connectivity index (χ4n) is 1.85. The van der Waals surface area contributed by atoms with Crippen LogP contribution in [0, 0.1) is 0 Å². The van der Waals surface area contributed by atoms with E-state index in [4.69, 9.17) is 4.74 Å². The molecule has 1 aliphatic heterocycles. The Bertz CT molecular complexity index is 545. The third kappa shape index (κ3) is 3.71. The first-order chi connectivity index (χ1) is 9.47. The van der Waals surface area contributed by atoms with Crippen molar-refractivity contribution in [1.82, 2.24) is 5.32 Å². The summed E-state index contributed by atoms with van der Waals surface area (Å²) in [5, 5.41) is 14.5. The predicted octanol–water partition coefficient (Wildman–Crippen LogP) is 2.82. The molecule has 0 spiro atoms. The summed E-state index contributed by atoms with van der Waals surface area (Å²) >= 11 is 6.46. The first-order valence-corrected chi connectivity index (χ1v) is 7.43. The molecule has 0 aliphatic carbocycles. The topological polar surface area (TPSA) is 87.7 Å². The van der Waals surface area contributed by atoms with Crippen molar-refractivity contribution in [3.8, 4) is 0 Å². The van der Waals surface area contributed by atoms with Crippen molar-refractivity contribution in [2.24, 2.45) is 0 Å². The van der Waals surface area contributed by atoms with Gasteiger partial charge in [-0.25, -0.2) is 9.59 Å². The third-order valence-corrected chi connectivity index (χ3v) is 3.87. The van der Waals surface area contributed by atoms with Gasteiger partial charge in [0.15, 0.2) is 0 Å². The molecule has 1 fully saturated rings. The second-order valence-corrected chi connectivity index (χ2v) is 6.04. The van der Waals surface area contributed by atoms with Crippen LogP contribution in [0.1, 0.15) is 16.8 Å². The Labute approximate surface area is 132 Å². The number of benzene rings is 1. The molecule has 1 saturated heterocycles. The van der Waals surface area contributed by atoms with Crippen molar-refractivity contribution in [2.45, 2.75) is 12.5 Å². The standard InChI is InChI=1S/C12H12Br2N2O4/c13-6-3-8(11(17)18)10(9(14)4-6)16-12(19)15-7-1-2-20-5-7/h3-4,7H,1-2,5H2,(H,17,18)(H2,15,16,19). The molecule has 6 nitrogen and oxygen atoms in total. The third-order valence-electron chi connectivity index (χ3n) is 2.79. The minimum Gasteiger partial charge on any atom is -0.478 e. The van der Waals surface area contributed by atoms with E-state index < -0.39 is 12.0 Å². The maximum Gasteiger partial charge on any atom is 0.337 e. The van der Waals surface area contributed by atoms with Gasteiger partial charge in [0.05, 0.1) is 23.9 Å². The summed E-state index contributed by atoms with van der Waals surface area (Å²) in [5.74, 6) is -1.12. The Morgan fingerprint density at radius 2 is 2.10 bits per heavy atom. The highest BCUT2D eigenvalue weighted by atomic mass is 79.9. The number of carbonyl (C=O) groups is 2. The highest BCUT2D eigenvalue weighted by molar-refractivity contribution is 9.11. The molecule has 1 heterocycles. The van der Waals surface area contributed by atoms with E-state index in [1.54, 1.807) is 6.07 Å². The van der Waals surface area contributed by atoms with Crippen molar-refractivity contribution >= 4 is 49.5 Å². The fourth-order valence-corrected chi connectivity index (χ4v) is 3.18. The maximum absolute atomic E-state index is 11.9. The van der Waals surface area contributed by atoms with Crippen LogP contribution in [-0.2, 0) is 4.74 Å². The molecule has 0 radical (unpaired) electrons. The zero-order valence-corrected chi connectivity index (χ0v) is 13.5. The summed E-state index contributed by atoms with van der Waals surface area (Å²) in [6, 6.07) is 2.60. The van der Waals surface area contributed by atoms with Gasteiger partial charge in [-0.2, -0.15) is 0 Å². The van der Waals surface area contributed by atoms with Gasteiger partial charge in [-0.15, -0.1) is 0 Å². The van der Waals surface area contributed by atoms with Crippen LogP contribution in [0.5, 0.6) is 0 Å². The number of rotatable bonds is 3. The number of hydrogen-bond donors (Lipinski definition) is 3. The number of anilines is 1. The van der Waals surface area contributed by atoms with Gasteiger partial charge >= 0.3 is 12.0 Å². The maximum atomic E-state index is 11.9. The second kappa shape index (κ2) is 6.55. The molecule has 0 bridgehead atoms. The van der Waals surface area contributed by atoms with Crippen molar-refractivity contribution < 1.29 is 19.4 Å². The van der Waals surface area contributed by atoms with Gasteiger partial charge in [-0.3, -0.25) is 0 Å². The largest absolute Gasteiger partial charge is 0.478 e. The zero-order chi connectivity index (χ0) is 14.7. The van der Waals surface area contributed by atoms with E-state index >= 15 is 0 Å². The highest BCUT2D eigenvalue weighted by Crippen LogP contribution is 2.30. The van der Waals surface area contributed by atoms with Crippen LogP contribution >= 0.6 is 31.9 Å². The molecule has 3 N–H and O–H groups in total. The van der Waals surface area contributed by atoms with Gasteiger partial charge in [0.25, 0.3) is 0 Å². The average molecular weight is 408 g/mol. The van der Waals surface area contributed by atoms with Gasteiger partial charge in [0.1, 0.15) is 0 Å². The lowest BCUT2D eigenvalue weighted by atomic mass is 10.2. The van der Waals surface area contributed by atoms with Crippen LogP contribution < -0.4 is 10.6 Å². The summed E-state index contributed by atoms with van der Waals surface area (Å²) in [7, 11) is 0. The highest BCUT2D eigenvalue weighted by Gasteiger charge is 2.20. The minimum atomic E-state index is -1.12. The first-order valence-electron chi connectivity index (χ1n) is 5.85. The smallest absolute Gasteiger partial charge is 0.337 e. The summed E-state index contributed by atoms with van der Waals surface area (Å²) in [6.07, 6.45) is 0.751. The number of nitrogens with one attached hydrogen (secondary N) is 2. The zero-order valence-electron chi connectivity index (χ0n) is 10.3. The lowest BCUT2D eigenvalue weighted by Crippen LogP contribution is -2.38. The van der Waals surface area contributed by atoms with E-state index in [1.807, 2.05) is 0 Å². The number of hydrogen-bond acceptors (Lipinski definition) is 3. The van der Waals surface area contributed by atoms with Gasteiger partial charge in [-0.1, -0.05) is 15.9 Å². The molecule has 8 heteroatoms. The Morgan fingerprint density at radius 3 is 2.70 bits per heavy atom. The molecular formula is C12H12Br2N2O4. The molecule has 1 atom stereocenters. The van der Waals surface area contributed by atoms with E-state index in [1.165, 1.54) is 6.07 Å². The molecule has 1 aromatic carbocycles. The molecule has 108 valence electrons. The lowest BCUT2D eigenvalue weighted by molar-refractivity contribution is 0.0698. The predicted molar refractivity (Wildman–Crippen MR) is 80.2 cm³/mol. The number of halogens is 2. The number of carboxylic acids is 1. The molecular weight excluding hydrogens is 396 g/mol. The Morgan fingerprint density at radius 1 is 1.35 bits per heavy atom. The van der Waals surface area contributed by atoms with E-state index in [0.717, 1.165) is 6.42 Å². The summed E-state index contributed by atoms with van der Waals surface area (Å²) < 4.78 is 6.25. The molecule has 1 aromatic rings. The van der Waals surface area contributed by atoms with Crippen LogP contribution in [0.25, 0.3) is 0 Å². The van der Waals surface area contributed by atoms with E-state index in [9.17, 15) is 14.7 Å². The number of ether oxygens (including phenoxy) is 1. The molecule has 1 aliphatic rings. The van der Waals surface area contributed by atoms with Crippen molar-refractivity contribution in [3.05, 3.63) is 26.6 Å². The molecule has 0 saturated carbocycles. The minimum absolute atomic E-state index is 0.00377. The monoisotopic (exact) mass is 406 g/mol. The van der Waals surface area contributed by atoms with Crippen LogP contribution in [-0.4, -0.2) is 36.4 Å². The Hall–Kier alpha value is -1.12. The summed E-state index contributed by atoms with van der Waals surface area (Å²) in [6.45, 7) is 1.09. The molecule has 2 amide bonds. The molecule has 2 rings (SSSR count). The van der Waals surface area contributed by atoms with E-state index in [-0.39, 0.29) is 17.3 Å². The number of urea groups is 1. The van der Waals surface area contributed by atoms with E-state index in [2.05, 4.69) is 42.5 Å².